The quantitative estimate of drug-likeness (QED) is 0.408. The third-order valence-corrected chi connectivity index (χ3v) is 2.93. The number of nitrogens with one attached hydrogen (secondary N) is 2. The molecule has 0 aliphatic rings. The molecular weight excluding hydrogens is 288 g/mol. The molecule has 0 saturated heterocycles. The molecule has 2 N–H and O–H groups in total. The van der Waals surface area contributed by atoms with Gasteiger partial charge in [0.2, 0.25) is 5.91 Å². The average Bonchev–Trinajstić information content (AvgIpc) is 2.48. The SMILES string of the molecule is CCOC(=O)CC[C@@H](NC(=O)CCCCNC)C(=O)OCC. The Kier molecular flexibility index (Phi) is 12.1. The minimum atomic E-state index is -0.804. The maximum Gasteiger partial charge on any atom is 0.328 e. The first kappa shape index (κ1) is 20.4. The predicted molar refractivity (Wildman–Crippen MR) is 82.2 cm³/mol. The number of ether oxygens (including phenoxy) is 2. The van der Waals surface area contributed by atoms with Gasteiger partial charge in [-0.05, 0) is 46.7 Å². The number of hydrogen-bond acceptors (Lipinski definition) is 6. The zero-order valence-electron chi connectivity index (χ0n) is 13.8. The van der Waals surface area contributed by atoms with E-state index in [0.29, 0.717) is 13.0 Å². The highest BCUT2D eigenvalue weighted by molar-refractivity contribution is 5.84. The van der Waals surface area contributed by atoms with Gasteiger partial charge in [-0.15, -0.1) is 0 Å². The first-order chi connectivity index (χ1) is 10.5. The molecule has 0 radical (unpaired) electrons. The van der Waals surface area contributed by atoms with Gasteiger partial charge in [-0.1, -0.05) is 0 Å². The van der Waals surface area contributed by atoms with Crippen LogP contribution in [0.4, 0.5) is 0 Å². The highest BCUT2D eigenvalue weighted by Crippen LogP contribution is 2.04. The Morgan fingerprint density at radius 3 is 2.27 bits per heavy atom. The highest BCUT2D eigenvalue weighted by Gasteiger charge is 2.23. The summed E-state index contributed by atoms with van der Waals surface area (Å²) in [5.74, 6) is -1.12. The molecule has 0 fully saturated rings. The average molecular weight is 316 g/mol. The largest absolute Gasteiger partial charge is 0.466 e. The Morgan fingerprint density at radius 1 is 1.00 bits per heavy atom. The topological polar surface area (TPSA) is 93.7 Å². The van der Waals surface area contributed by atoms with Gasteiger partial charge in [0.25, 0.3) is 0 Å². The first-order valence-electron chi connectivity index (χ1n) is 7.81. The molecule has 0 bridgehead atoms. The van der Waals surface area contributed by atoms with Crippen molar-refractivity contribution in [3.8, 4) is 0 Å². The summed E-state index contributed by atoms with van der Waals surface area (Å²) in [7, 11) is 1.85. The van der Waals surface area contributed by atoms with E-state index >= 15 is 0 Å². The van der Waals surface area contributed by atoms with Crippen LogP contribution in [0.15, 0.2) is 0 Å². The molecule has 0 heterocycles. The number of esters is 2. The standard InChI is InChI=1S/C15H28N2O5/c1-4-21-14(19)10-9-12(15(20)22-5-2)17-13(18)8-6-7-11-16-3/h12,16H,4-11H2,1-3H3,(H,17,18)/t12-/m1/s1. The van der Waals surface area contributed by atoms with Gasteiger partial charge in [-0.3, -0.25) is 9.59 Å². The molecule has 0 aromatic rings. The van der Waals surface area contributed by atoms with Gasteiger partial charge in [-0.25, -0.2) is 4.79 Å². The third kappa shape index (κ3) is 10.1. The second kappa shape index (κ2) is 13.1. The number of carbonyl (C=O) groups excluding carboxylic acids is 3. The molecule has 1 amide bonds. The lowest BCUT2D eigenvalue weighted by Crippen LogP contribution is -2.42. The van der Waals surface area contributed by atoms with E-state index in [9.17, 15) is 14.4 Å². The molecule has 0 aromatic carbocycles. The molecule has 128 valence electrons. The van der Waals surface area contributed by atoms with Crippen LogP contribution in [-0.4, -0.2) is 50.7 Å². The minimum Gasteiger partial charge on any atom is -0.466 e. The summed E-state index contributed by atoms with van der Waals surface area (Å²) in [4.78, 5) is 35.0. The van der Waals surface area contributed by atoms with Crippen molar-refractivity contribution in [3.05, 3.63) is 0 Å². The Morgan fingerprint density at radius 2 is 1.68 bits per heavy atom. The van der Waals surface area contributed by atoms with Crippen LogP contribution in [0.3, 0.4) is 0 Å². The summed E-state index contributed by atoms with van der Waals surface area (Å²) < 4.78 is 9.74. The van der Waals surface area contributed by atoms with Crippen LogP contribution >= 0.6 is 0 Å². The van der Waals surface area contributed by atoms with Crippen molar-refractivity contribution >= 4 is 17.8 Å². The van der Waals surface area contributed by atoms with Crippen molar-refractivity contribution in [2.75, 3.05) is 26.8 Å². The lowest BCUT2D eigenvalue weighted by atomic mass is 10.1. The van der Waals surface area contributed by atoms with Crippen molar-refractivity contribution in [3.63, 3.8) is 0 Å². The van der Waals surface area contributed by atoms with Gasteiger partial charge in [0, 0.05) is 12.8 Å². The van der Waals surface area contributed by atoms with Crippen LogP contribution < -0.4 is 10.6 Å². The van der Waals surface area contributed by atoms with E-state index in [1.54, 1.807) is 13.8 Å². The van der Waals surface area contributed by atoms with Gasteiger partial charge in [-0.2, -0.15) is 0 Å². The Labute approximate surface area is 132 Å². The van der Waals surface area contributed by atoms with Crippen molar-refractivity contribution in [2.24, 2.45) is 0 Å². The fourth-order valence-corrected chi connectivity index (χ4v) is 1.84. The van der Waals surface area contributed by atoms with Crippen molar-refractivity contribution in [1.82, 2.24) is 10.6 Å². The molecule has 0 aliphatic carbocycles. The fraction of sp³-hybridized carbons (Fsp3) is 0.800. The molecule has 0 aliphatic heterocycles. The van der Waals surface area contributed by atoms with Gasteiger partial charge in [0.1, 0.15) is 6.04 Å². The maximum atomic E-state index is 11.8. The fourth-order valence-electron chi connectivity index (χ4n) is 1.84. The highest BCUT2D eigenvalue weighted by atomic mass is 16.5. The van der Waals surface area contributed by atoms with Gasteiger partial charge >= 0.3 is 11.9 Å². The predicted octanol–water partition coefficient (Wildman–Crippen LogP) is 0.767. The number of rotatable bonds is 12. The van der Waals surface area contributed by atoms with E-state index in [0.717, 1.165) is 19.4 Å². The van der Waals surface area contributed by atoms with E-state index < -0.39 is 12.0 Å². The number of hydrogen-bond donors (Lipinski definition) is 2. The van der Waals surface area contributed by atoms with Crippen molar-refractivity contribution < 1.29 is 23.9 Å². The third-order valence-electron chi connectivity index (χ3n) is 2.93. The molecule has 7 heteroatoms. The van der Waals surface area contributed by atoms with Gasteiger partial charge < -0.3 is 20.1 Å². The van der Waals surface area contributed by atoms with Crippen LogP contribution in [-0.2, 0) is 23.9 Å². The van der Waals surface area contributed by atoms with E-state index in [1.165, 1.54) is 0 Å². The summed E-state index contributed by atoms with van der Waals surface area (Å²) in [6, 6.07) is -0.804. The zero-order chi connectivity index (χ0) is 16.8. The van der Waals surface area contributed by atoms with Crippen LogP contribution in [0, 0.1) is 0 Å². The summed E-state index contributed by atoms with van der Waals surface area (Å²) in [5, 5.41) is 5.64. The normalized spacial score (nSPS) is 11.6. The second-order valence-electron chi connectivity index (χ2n) is 4.78. The summed E-state index contributed by atoms with van der Waals surface area (Å²) in [5.41, 5.74) is 0. The van der Waals surface area contributed by atoms with Gasteiger partial charge in [0.15, 0.2) is 0 Å². The van der Waals surface area contributed by atoms with E-state index in [4.69, 9.17) is 9.47 Å². The smallest absolute Gasteiger partial charge is 0.328 e. The maximum absolute atomic E-state index is 11.8. The van der Waals surface area contributed by atoms with Crippen LogP contribution in [0.2, 0.25) is 0 Å². The molecule has 0 rings (SSSR count). The van der Waals surface area contributed by atoms with Crippen LogP contribution in [0.25, 0.3) is 0 Å². The number of carbonyl (C=O) groups is 3. The first-order valence-corrected chi connectivity index (χ1v) is 7.81. The van der Waals surface area contributed by atoms with Crippen LogP contribution in [0.5, 0.6) is 0 Å². The molecular formula is C15H28N2O5. The minimum absolute atomic E-state index is 0.0668. The Bertz CT molecular complexity index is 347. The summed E-state index contributed by atoms with van der Waals surface area (Å²) in [6.45, 7) is 4.78. The van der Waals surface area contributed by atoms with Crippen molar-refractivity contribution in [1.29, 1.82) is 0 Å². The lowest BCUT2D eigenvalue weighted by molar-refractivity contribution is -0.148. The molecule has 0 unspecified atom stereocenters. The molecule has 22 heavy (non-hydrogen) atoms. The monoisotopic (exact) mass is 316 g/mol. The second-order valence-corrected chi connectivity index (χ2v) is 4.78. The van der Waals surface area contributed by atoms with Crippen LogP contribution in [0.1, 0.15) is 46.0 Å². The lowest BCUT2D eigenvalue weighted by Gasteiger charge is -2.17. The summed E-state index contributed by atoms with van der Waals surface area (Å²) in [6.07, 6.45) is 2.21. The molecule has 7 nitrogen and oxygen atoms in total. The number of amides is 1. The van der Waals surface area contributed by atoms with E-state index in [1.807, 2.05) is 7.05 Å². The summed E-state index contributed by atoms with van der Waals surface area (Å²) >= 11 is 0. The molecule has 1 atom stereocenters. The number of unbranched alkanes of at least 4 members (excludes halogenated alkanes) is 1. The van der Waals surface area contributed by atoms with E-state index in [2.05, 4.69) is 10.6 Å². The Balaban J connectivity index is 4.30. The molecule has 0 aromatic heterocycles. The van der Waals surface area contributed by atoms with E-state index in [-0.39, 0.29) is 31.3 Å². The molecule has 0 spiro atoms. The molecule has 0 saturated carbocycles. The Hall–Kier alpha value is -1.63. The zero-order valence-corrected chi connectivity index (χ0v) is 13.8. The van der Waals surface area contributed by atoms with Gasteiger partial charge in [0.05, 0.1) is 13.2 Å². The van der Waals surface area contributed by atoms with Crippen molar-refractivity contribution in [2.45, 2.75) is 52.0 Å².